The van der Waals surface area contributed by atoms with E-state index in [0.29, 0.717) is 48.7 Å². The maximum atomic E-state index is 15.1. The van der Waals surface area contributed by atoms with E-state index < -0.39 is 17.0 Å². The summed E-state index contributed by atoms with van der Waals surface area (Å²) < 4.78 is 41.7. The minimum atomic E-state index is -0.504. The zero-order valence-electron chi connectivity index (χ0n) is 22.1. The highest BCUT2D eigenvalue weighted by Crippen LogP contribution is 2.42. The van der Waals surface area contributed by atoms with E-state index in [1.165, 1.54) is 24.3 Å². The molecule has 0 amide bonds. The van der Waals surface area contributed by atoms with Crippen molar-refractivity contribution in [1.82, 2.24) is 15.0 Å². The lowest BCUT2D eigenvalue weighted by atomic mass is 9.71. The van der Waals surface area contributed by atoms with Gasteiger partial charge >= 0.3 is 0 Å². The van der Waals surface area contributed by atoms with E-state index in [0.717, 1.165) is 41.3 Å². The Labute approximate surface area is 230 Å². The van der Waals surface area contributed by atoms with Crippen molar-refractivity contribution in [2.24, 2.45) is 0 Å². The van der Waals surface area contributed by atoms with Gasteiger partial charge in [-0.2, -0.15) is 0 Å². The van der Waals surface area contributed by atoms with Crippen molar-refractivity contribution in [3.05, 3.63) is 101 Å². The van der Waals surface area contributed by atoms with Gasteiger partial charge in [0.15, 0.2) is 11.6 Å². The van der Waals surface area contributed by atoms with E-state index >= 15 is 4.39 Å². The summed E-state index contributed by atoms with van der Waals surface area (Å²) in [6.45, 7) is 2.96. The minimum Gasteiger partial charge on any atom is -0.454 e. The summed E-state index contributed by atoms with van der Waals surface area (Å²) in [5.74, 6) is -0.214. The topological polar surface area (TPSA) is 80.0 Å². The van der Waals surface area contributed by atoms with Gasteiger partial charge in [0.2, 0.25) is 0 Å². The van der Waals surface area contributed by atoms with Crippen molar-refractivity contribution in [2.75, 3.05) is 13.2 Å². The number of aryl methyl sites for hydroxylation is 2. The molecule has 40 heavy (non-hydrogen) atoms. The number of H-pyrrole nitrogens is 2. The number of aldehydes is 1. The number of aromatic nitrogens is 3. The Balaban J connectivity index is 1.35. The number of nitrogens with zero attached hydrogens (tertiary/aromatic N) is 1. The molecule has 204 valence electrons. The first-order chi connectivity index (χ1) is 19.5. The maximum Gasteiger partial charge on any atom is 0.168 e. The lowest BCUT2D eigenvalue weighted by molar-refractivity contribution is -0.107. The number of hydrogen-bond donors (Lipinski definition) is 2. The van der Waals surface area contributed by atoms with Crippen molar-refractivity contribution < 1.29 is 23.0 Å². The van der Waals surface area contributed by atoms with Crippen molar-refractivity contribution in [3.63, 3.8) is 0 Å². The number of imidazole rings is 1. The molecule has 3 aromatic carbocycles. The first-order valence-electron chi connectivity index (χ1n) is 13.4. The van der Waals surface area contributed by atoms with Crippen LogP contribution in [0, 0.1) is 18.6 Å². The normalized spacial score (nSPS) is 14.9. The number of hydrogen-bond acceptors (Lipinski definition) is 4. The van der Waals surface area contributed by atoms with Gasteiger partial charge in [0, 0.05) is 65.7 Å². The average molecular weight is 542 g/mol. The number of fused-ring (bicyclic) bond motifs is 1. The van der Waals surface area contributed by atoms with E-state index in [-0.39, 0.29) is 11.3 Å². The lowest BCUT2D eigenvalue weighted by Gasteiger charge is -2.37. The Morgan fingerprint density at radius 2 is 1.93 bits per heavy atom. The number of ether oxygens (including phenoxy) is 2. The third-order valence-corrected chi connectivity index (χ3v) is 7.89. The zero-order chi connectivity index (χ0) is 27.7. The summed E-state index contributed by atoms with van der Waals surface area (Å²) in [5, 5.41) is 0.853. The molecular formula is C32H29F2N3O3. The van der Waals surface area contributed by atoms with Crippen molar-refractivity contribution in [2.45, 2.75) is 38.0 Å². The largest absolute Gasteiger partial charge is 0.454 e. The average Bonchev–Trinajstić information content (AvgIpc) is 3.66. The van der Waals surface area contributed by atoms with Crippen LogP contribution in [-0.2, 0) is 21.4 Å². The van der Waals surface area contributed by atoms with Crippen LogP contribution < -0.4 is 4.74 Å². The minimum absolute atomic E-state index is 0.0976. The molecule has 6 nitrogen and oxygen atoms in total. The second-order valence-corrected chi connectivity index (χ2v) is 10.2. The summed E-state index contributed by atoms with van der Waals surface area (Å²) >= 11 is 0. The molecule has 0 radical (unpaired) electrons. The molecule has 2 aromatic heterocycles. The predicted molar refractivity (Wildman–Crippen MR) is 149 cm³/mol. The smallest absolute Gasteiger partial charge is 0.168 e. The highest BCUT2D eigenvalue weighted by molar-refractivity contribution is 5.85. The molecule has 8 heteroatoms. The van der Waals surface area contributed by atoms with Gasteiger partial charge in [0.25, 0.3) is 0 Å². The number of nitrogens with one attached hydrogen (secondary N) is 2. The molecule has 0 spiro atoms. The second-order valence-electron chi connectivity index (χ2n) is 10.2. The van der Waals surface area contributed by atoms with E-state index in [1.807, 2.05) is 18.2 Å². The number of benzene rings is 3. The van der Waals surface area contributed by atoms with Crippen LogP contribution in [-0.4, -0.2) is 34.5 Å². The Bertz CT molecular complexity index is 1680. The Morgan fingerprint density at radius 1 is 1.07 bits per heavy atom. The Kier molecular flexibility index (Phi) is 6.94. The van der Waals surface area contributed by atoms with Crippen molar-refractivity contribution in [1.29, 1.82) is 0 Å². The molecule has 0 saturated carbocycles. The number of carbonyl (C=O) groups excluding carboxylic acids is 1. The molecular weight excluding hydrogens is 512 g/mol. The van der Waals surface area contributed by atoms with Gasteiger partial charge in [0.1, 0.15) is 23.7 Å². The van der Waals surface area contributed by atoms with E-state index in [2.05, 4.69) is 27.1 Å². The molecule has 0 unspecified atom stereocenters. The SMILES string of the molecule is Cc1c(Oc2ccc(F)c(-c3ncc(C4(c5cccc(CCC=O)c5)CCOCC4)[nH]3)c2)c(F)cc2[nH]ccc12. The maximum absolute atomic E-state index is 15.1. The molecule has 1 fully saturated rings. The predicted octanol–water partition coefficient (Wildman–Crippen LogP) is 7.16. The van der Waals surface area contributed by atoms with Gasteiger partial charge < -0.3 is 24.2 Å². The van der Waals surface area contributed by atoms with Crippen molar-refractivity contribution >= 4 is 17.2 Å². The van der Waals surface area contributed by atoms with Crippen LogP contribution in [0.3, 0.4) is 0 Å². The molecule has 1 saturated heterocycles. The van der Waals surface area contributed by atoms with Crippen LogP contribution in [0.2, 0.25) is 0 Å². The summed E-state index contributed by atoms with van der Waals surface area (Å²) in [7, 11) is 0. The van der Waals surface area contributed by atoms with Crippen LogP contribution in [0.1, 0.15) is 41.6 Å². The standard InChI is InChI=1S/C32H29F2N3O3/c1-20-24-9-12-35-28(24)18-27(34)30(20)40-23-7-8-26(33)25(17-23)31-36-19-29(37-31)32(10-14-39-15-11-32)22-6-2-4-21(16-22)5-3-13-38/h2,4,6-9,12-13,16-19,35H,3,5,10-11,14-15H2,1H3,(H,36,37). The Morgan fingerprint density at radius 3 is 2.75 bits per heavy atom. The fourth-order valence-corrected chi connectivity index (χ4v) is 5.70. The molecule has 3 heterocycles. The number of rotatable bonds is 8. The van der Waals surface area contributed by atoms with E-state index in [1.54, 1.807) is 19.3 Å². The highest BCUT2D eigenvalue weighted by Gasteiger charge is 2.38. The monoisotopic (exact) mass is 541 g/mol. The lowest BCUT2D eigenvalue weighted by Crippen LogP contribution is -2.35. The second kappa shape index (κ2) is 10.7. The summed E-state index contributed by atoms with van der Waals surface area (Å²) in [4.78, 5) is 21.9. The zero-order valence-corrected chi connectivity index (χ0v) is 22.1. The van der Waals surface area contributed by atoms with Gasteiger partial charge in [-0.25, -0.2) is 13.8 Å². The first kappa shape index (κ1) is 26.0. The molecule has 1 aliphatic heterocycles. The fraction of sp³-hybridized carbons (Fsp3) is 0.250. The molecule has 6 rings (SSSR count). The van der Waals surface area contributed by atoms with Crippen LogP contribution in [0.15, 0.2) is 67.0 Å². The van der Waals surface area contributed by atoms with E-state index in [9.17, 15) is 9.18 Å². The number of aromatic amines is 2. The van der Waals surface area contributed by atoms with Crippen LogP contribution in [0.4, 0.5) is 8.78 Å². The van der Waals surface area contributed by atoms with Gasteiger partial charge in [-0.05, 0) is 61.6 Å². The van der Waals surface area contributed by atoms with Crippen LogP contribution in [0.5, 0.6) is 11.5 Å². The van der Waals surface area contributed by atoms with Crippen LogP contribution in [0.25, 0.3) is 22.3 Å². The number of halogens is 2. The molecule has 0 atom stereocenters. The third kappa shape index (κ3) is 4.69. The summed E-state index contributed by atoms with van der Waals surface area (Å²) in [6.07, 6.45) is 7.04. The van der Waals surface area contributed by atoms with Crippen LogP contribution >= 0.6 is 0 Å². The molecule has 2 N–H and O–H groups in total. The Hall–Kier alpha value is -4.30. The summed E-state index contributed by atoms with van der Waals surface area (Å²) in [6, 6.07) is 15.8. The molecule has 0 bridgehead atoms. The van der Waals surface area contributed by atoms with Gasteiger partial charge in [-0.3, -0.25) is 0 Å². The third-order valence-electron chi connectivity index (χ3n) is 7.89. The van der Waals surface area contributed by atoms with Gasteiger partial charge in [-0.1, -0.05) is 24.3 Å². The highest BCUT2D eigenvalue weighted by atomic mass is 19.1. The van der Waals surface area contributed by atoms with Crippen molar-refractivity contribution in [3.8, 4) is 22.9 Å². The van der Waals surface area contributed by atoms with Gasteiger partial charge in [-0.15, -0.1) is 0 Å². The molecule has 0 aliphatic carbocycles. The van der Waals surface area contributed by atoms with E-state index in [4.69, 9.17) is 9.47 Å². The summed E-state index contributed by atoms with van der Waals surface area (Å²) in [5.41, 5.74) is 4.23. The quantitative estimate of drug-likeness (QED) is 0.204. The first-order valence-corrected chi connectivity index (χ1v) is 13.4. The molecule has 5 aromatic rings. The molecule has 1 aliphatic rings. The fourth-order valence-electron chi connectivity index (χ4n) is 5.70. The number of carbonyl (C=O) groups is 1. The van der Waals surface area contributed by atoms with Gasteiger partial charge in [0.05, 0.1) is 5.56 Å².